The van der Waals surface area contributed by atoms with Gasteiger partial charge in [-0.15, -0.1) is 0 Å². The molecule has 0 saturated carbocycles. The lowest BCUT2D eigenvalue weighted by Crippen LogP contribution is -2.50. The third kappa shape index (κ3) is 10.3. The van der Waals surface area contributed by atoms with E-state index in [4.69, 9.17) is 9.47 Å². The SMILES string of the molecule is CCOC(C)[C@H](S)C(=O)NCC(CCC(=O)Oc1c(F)c(F)cc(F)c1F)NC(=O)[C@@H](S)C(C)OCC. The molecule has 1 aromatic carbocycles. The van der Waals surface area contributed by atoms with E-state index in [0.717, 1.165) is 0 Å². The van der Waals surface area contributed by atoms with Crippen LogP contribution >= 0.6 is 25.3 Å². The number of carbonyl (C=O) groups excluding carboxylic acids is 3. The molecule has 1 aromatic rings. The lowest BCUT2D eigenvalue weighted by molar-refractivity contribution is -0.135. The number of amides is 2. The van der Waals surface area contributed by atoms with Crippen molar-refractivity contribution in [1.29, 1.82) is 0 Å². The zero-order valence-electron chi connectivity index (χ0n) is 20.9. The van der Waals surface area contributed by atoms with E-state index in [1.807, 2.05) is 0 Å². The molecule has 2 N–H and O–H groups in total. The number of benzene rings is 1. The third-order valence-corrected chi connectivity index (χ3v) is 6.45. The summed E-state index contributed by atoms with van der Waals surface area (Å²) >= 11 is 8.46. The molecule has 0 radical (unpaired) electrons. The first-order valence-corrected chi connectivity index (χ1v) is 12.6. The number of hydrogen-bond acceptors (Lipinski definition) is 8. The minimum Gasteiger partial charge on any atom is -0.420 e. The van der Waals surface area contributed by atoms with Crippen LogP contribution in [-0.4, -0.2) is 66.3 Å². The second-order valence-corrected chi connectivity index (χ2v) is 9.08. The van der Waals surface area contributed by atoms with Crippen LogP contribution < -0.4 is 15.4 Å². The fraction of sp³-hybridized carbons (Fsp3) is 0.609. The van der Waals surface area contributed by atoms with Crippen LogP contribution in [0.15, 0.2) is 6.07 Å². The van der Waals surface area contributed by atoms with Crippen LogP contribution in [0.2, 0.25) is 0 Å². The molecule has 14 heteroatoms. The van der Waals surface area contributed by atoms with Crippen LogP contribution in [0.1, 0.15) is 40.5 Å². The number of thiol groups is 2. The van der Waals surface area contributed by atoms with Crippen LogP contribution in [0.5, 0.6) is 5.75 Å². The van der Waals surface area contributed by atoms with Gasteiger partial charge in [0, 0.05) is 38.3 Å². The number of hydrogen-bond donors (Lipinski definition) is 4. The lowest BCUT2D eigenvalue weighted by Gasteiger charge is -2.25. The molecule has 0 heterocycles. The quantitative estimate of drug-likeness (QED) is 0.0848. The van der Waals surface area contributed by atoms with E-state index in [1.165, 1.54) is 0 Å². The highest BCUT2D eigenvalue weighted by molar-refractivity contribution is 7.82. The van der Waals surface area contributed by atoms with Gasteiger partial charge < -0.3 is 24.8 Å². The van der Waals surface area contributed by atoms with Crippen LogP contribution in [0.25, 0.3) is 0 Å². The summed E-state index contributed by atoms with van der Waals surface area (Å²) in [6.45, 7) is 7.34. The van der Waals surface area contributed by atoms with Crippen molar-refractivity contribution >= 4 is 43.0 Å². The Labute approximate surface area is 224 Å². The molecule has 0 aromatic heterocycles. The molecule has 0 saturated heterocycles. The van der Waals surface area contributed by atoms with Crippen LogP contribution in [0, 0.1) is 23.3 Å². The maximum Gasteiger partial charge on any atom is 0.311 e. The average molecular weight is 573 g/mol. The Morgan fingerprint density at radius 1 is 0.892 bits per heavy atom. The number of rotatable bonds is 15. The Morgan fingerprint density at radius 2 is 1.38 bits per heavy atom. The Balaban J connectivity index is 2.91. The van der Waals surface area contributed by atoms with Crippen molar-refractivity contribution < 1.29 is 46.2 Å². The van der Waals surface area contributed by atoms with Gasteiger partial charge in [-0.3, -0.25) is 14.4 Å². The van der Waals surface area contributed by atoms with Crippen molar-refractivity contribution in [2.24, 2.45) is 0 Å². The second kappa shape index (κ2) is 16.0. The first-order chi connectivity index (χ1) is 17.3. The predicted molar refractivity (Wildman–Crippen MR) is 134 cm³/mol. The number of halogens is 4. The molecule has 1 rings (SSSR count). The normalized spacial score (nSPS) is 15.3. The van der Waals surface area contributed by atoms with E-state index in [0.29, 0.717) is 13.2 Å². The highest BCUT2D eigenvalue weighted by Crippen LogP contribution is 2.27. The average Bonchev–Trinajstić information content (AvgIpc) is 2.85. The Morgan fingerprint density at radius 3 is 1.86 bits per heavy atom. The Hall–Kier alpha value is -2.03. The van der Waals surface area contributed by atoms with E-state index >= 15 is 0 Å². The van der Waals surface area contributed by atoms with E-state index in [9.17, 15) is 31.9 Å². The van der Waals surface area contributed by atoms with Gasteiger partial charge in [0.2, 0.25) is 29.2 Å². The van der Waals surface area contributed by atoms with Crippen molar-refractivity contribution in [1.82, 2.24) is 10.6 Å². The summed E-state index contributed by atoms with van der Waals surface area (Å²) < 4.78 is 69.6. The molecule has 3 unspecified atom stereocenters. The van der Waals surface area contributed by atoms with Crippen LogP contribution in [0.4, 0.5) is 17.6 Å². The minimum atomic E-state index is -1.87. The zero-order chi connectivity index (χ0) is 28.3. The molecule has 2 amide bonds. The number of nitrogens with one attached hydrogen (secondary N) is 2. The fourth-order valence-corrected chi connectivity index (χ4v) is 3.41. The van der Waals surface area contributed by atoms with Crippen molar-refractivity contribution in [3.05, 3.63) is 29.3 Å². The van der Waals surface area contributed by atoms with Gasteiger partial charge in [0.05, 0.1) is 12.2 Å². The summed E-state index contributed by atoms with van der Waals surface area (Å²) in [6, 6.07) is -0.886. The topological polar surface area (TPSA) is 103 Å². The highest BCUT2D eigenvalue weighted by Gasteiger charge is 2.28. The summed E-state index contributed by atoms with van der Waals surface area (Å²) in [5.74, 6) is -11.0. The smallest absolute Gasteiger partial charge is 0.311 e. The maximum atomic E-state index is 13.8. The first-order valence-electron chi connectivity index (χ1n) is 11.5. The van der Waals surface area contributed by atoms with Crippen molar-refractivity contribution in [3.8, 4) is 5.75 Å². The standard InChI is InChI=1S/C23H32F4N2O6S2/c1-5-33-11(3)20(36)22(31)28-10-13(29-23(32)21(37)12(4)34-6-2)7-8-16(30)35-19-17(26)14(24)9-15(25)18(19)27/h9,11-13,20-21,36-37H,5-8,10H2,1-4H3,(H,28,31)(H,29,32)/t11?,12?,13?,20-,21-/m0/s1. The molecule has 0 aliphatic carbocycles. The van der Waals surface area contributed by atoms with Gasteiger partial charge >= 0.3 is 5.97 Å². The molecule has 210 valence electrons. The van der Waals surface area contributed by atoms with E-state index in [1.54, 1.807) is 27.7 Å². The van der Waals surface area contributed by atoms with E-state index in [-0.39, 0.29) is 19.0 Å². The van der Waals surface area contributed by atoms with Crippen molar-refractivity contribution in [2.45, 2.75) is 69.3 Å². The fourth-order valence-electron chi connectivity index (χ4n) is 3.07. The maximum absolute atomic E-state index is 13.8. The van der Waals surface area contributed by atoms with Crippen LogP contribution in [-0.2, 0) is 23.9 Å². The molecular weight excluding hydrogens is 540 g/mol. The molecule has 0 spiro atoms. The Kier molecular flexibility index (Phi) is 14.3. The summed E-state index contributed by atoms with van der Waals surface area (Å²) in [7, 11) is 0. The molecule has 0 aliphatic rings. The van der Waals surface area contributed by atoms with E-state index in [2.05, 4.69) is 40.6 Å². The summed E-state index contributed by atoms with van der Waals surface area (Å²) in [5.41, 5.74) is 0. The zero-order valence-corrected chi connectivity index (χ0v) is 22.6. The predicted octanol–water partition coefficient (Wildman–Crippen LogP) is 2.98. The third-order valence-electron chi connectivity index (χ3n) is 5.14. The molecular formula is C23H32F4N2O6S2. The first kappa shape index (κ1) is 33.0. The second-order valence-electron chi connectivity index (χ2n) is 7.97. The molecule has 0 fully saturated rings. The van der Waals surface area contributed by atoms with E-state index < -0.39 is 82.0 Å². The summed E-state index contributed by atoms with van der Waals surface area (Å²) in [4.78, 5) is 37.3. The van der Waals surface area contributed by atoms with Gasteiger partial charge in [-0.2, -0.15) is 34.0 Å². The van der Waals surface area contributed by atoms with Gasteiger partial charge in [-0.1, -0.05) is 0 Å². The molecule has 37 heavy (non-hydrogen) atoms. The van der Waals surface area contributed by atoms with Gasteiger partial charge in [-0.05, 0) is 34.1 Å². The molecule has 0 aliphatic heterocycles. The Bertz CT molecular complexity index is 917. The lowest BCUT2D eigenvalue weighted by atomic mass is 10.1. The van der Waals surface area contributed by atoms with Crippen molar-refractivity contribution in [2.75, 3.05) is 19.8 Å². The molecule has 5 atom stereocenters. The van der Waals surface area contributed by atoms with Crippen LogP contribution in [0.3, 0.4) is 0 Å². The summed E-state index contributed by atoms with van der Waals surface area (Å²) in [6.07, 6.45) is -1.78. The minimum absolute atomic E-state index is 0.0194. The monoisotopic (exact) mass is 572 g/mol. The largest absolute Gasteiger partial charge is 0.420 e. The van der Waals surface area contributed by atoms with Gasteiger partial charge in [0.1, 0.15) is 10.5 Å². The van der Waals surface area contributed by atoms with Gasteiger partial charge in [0.15, 0.2) is 11.6 Å². The number of carbonyl (C=O) groups is 3. The van der Waals surface area contributed by atoms with Gasteiger partial charge in [-0.25, -0.2) is 8.78 Å². The van der Waals surface area contributed by atoms with Crippen molar-refractivity contribution in [3.63, 3.8) is 0 Å². The van der Waals surface area contributed by atoms with Gasteiger partial charge in [0.25, 0.3) is 0 Å². The highest BCUT2D eigenvalue weighted by atomic mass is 32.1. The number of ether oxygens (including phenoxy) is 3. The molecule has 8 nitrogen and oxygen atoms in total. The number of esters is 1. The molecule has 0 bridgehead atoms. The summed E-state index contributed by atoms with van der Waals surface area (Å²) in [5, 5.41) is 3.49.